The monoisotopic (exact) mass is 536 g/mol. The number of ether oxygens (including phenoxy) is 6. The van der Waals surface area contributed by atoms with Crippen LogP contribution in [-0.4, -0.2) is 50.7 Å². The minimum atomic E-state index is -5.73. The fourth-order valence-electron chi connectivity index (χ4n) is 3.86. The molecule has 2 saturated heterocycles. The summed E-state index contributed by atoms with van der Waals surface area (Å²) in [5.74, 6) is -2.74. The van der Waals surface area contributed by atoms with Crippen molar-refractivity contribution < 1.29 is 54.8 Å². The molecule has 0 aromatic heterocycles. The van der Waals surface area contributed by atoms with Crippen molar-refractivity contribution in [2.45, 2.75) is 56.4 Å². The van der Waals surface area contributed by atoms with Gasteiger partial charge >= 0.3 is 24.3 Å². The van der Waals surface area contributed by atoms with Crippen LogP contribution in [0.1, 0.15) is 37.8 Å². The Labute approximate surface area is 209 Å². The summed E-state index contributed by atoms with van der Waals surface area (Å²) < 4.78 is 119. The van der Waals surface area contributed by atoms with Gasteiger partial charge in [0, 0.05) is 0 Å². The molecular weight excluding hydrogens is 510 g/mol. The summed E-state index contributed by atoms with van der Waals surface area (Å²) >= 11 is 0. The molecule has 12 heteroatoms. The fraction of sp³-hybridized carbons (Fsp3) is 0.520. The van der Waals surface area contributed by atoms with Crippen LogP contribution in [0, 0.1) is 0 Å². The lowest BCUT2D eigenvalue weighted by Gasteiger charge is -2.38. The van der Waals surface area contributed by atoms with Crippen molar-refractivity contribution in [3.05, 3.63) is 59.7 Å². The molecule has 37 heavy (non-hydrogen) atoms. The molecule has 0 aliphatic carbocycles. The van der Waals surface area contributed by atoms with E-state index in [4.69, 9.17) is 28.4 Å². The largest absolute Gasteiger partial charge is 0.437 e. The molecule has 2 atom stereocenters. The summed E-state index contributed by atoms with van der Waals surface area (Å²) in [6, 6.07) is 7.05. The second-order valence-corrected chi connectivity index (χ2v) is 8.64. The Morgan fingerprint density at radius 1 is 0.649 bits per heavy atom. The van der Waals surface area contributed by atoms with Crippen molar-refractivity contribution in [2.24, 2.45) is 0 Å². The molecule has 4 rings (SSSR count). The Morgan fingerprint density at radius 3 is 1.22 bits per heavy atom. The molecular formula is C25H26F6O6. The van der Waals surface area contributed by atoms with Gasteiger partial charge in [-0.1, -0.05) is 38.1 Å². The van der Waals surface area contributed by atoms with Crippen LogP contribution in [0.15, 0.2) is 48.5 Å². The van der Waals surface area contributed by atoms with E-state index in [1.807, 2.05) is 13.8 Å². The Balaban J connectivity index is 1.65. The molecule has 0 saturated carbocycles. The Bertz CT molecular complexity index is 958. The number of hydrogen-bond donors (Lipinski definition) is 0. The zero-order valence-corrected chi connectivity index (χ0v) is 20.1. The number of benzene rings is 2. The number of halogens is 6. The number of hydrogen-bond acceptors (Lipinski definition) is 6. The smallest absolute Gasteiger partial charge is 0.411 e. The molecule has 0 bridgehead atoms. The van der Waals surface area contributed by atoms with E-state index in [9.17, 15) is 26.3 Å². The van der Waals surface area contributed by atoms with Crippen LogP contribution in [0.2, 0.25) is 0 Å². The predicted molar refractivity (Wildman–Crippen MR) is 117 cm³/mol. The lowest BCUT2D eigenvalue weighted by atomic mass is 9.73. The normalized spacial score (nSPS) is 23.6. The number of alkyl halides is 6. The average molecular weight is 536 g/mol. The highest BCUT2D eigenvalue weighted by molar-refractivity contribution is 5.47. The van der Waals surface area contributed by atoms with E-state index in [1.54, 1.807) is 0 Å². The molecule has 6 nitrogen and oxygen atoms in total. The maximum absolute atomic E-state index is 14.4. The van der Waals surface area contributed by atoms with E-state index in [2.05, 4.69) is 0 Å². The van der Waals surface area contributed by atoms with Crippen molar-refractivity contribution in [2.75, 3.05) is 26.4 Å². The summed E-state index contributed by atoms with van der Waals surface area (Å²) in [7, 11) is 0. The Hall–Kier alpha value is -2.54. The molecule has 2 aliphatic rings. The third-order valence-corrected chi connectivity index (χ3v) is 5.78. The van der Waals surface area contributed by atoms with Crippen LogP contribution in [0.5, 0.6) is 11.5 Å². The molecule has 2 aliphatic heterocycles. The van der Waals surface area contributed by atoms with E-state index in [0.29, 0.717) is 26.1 Å². The summed E-state index contributed by atoms with van der Waals surface area (Å²) in [5, 5.41) is 0. The van der Waals surface area contributed by atoms with E-state index in [0.717, 1.165) is 48.5 Å². The lowest BCUT2D eigenvalue weighted by molar-refractivity contribution is -0.288. The van der Waals surface area contributed by atoms with Gasteiger partial charge in [-0.15, -0.1) is 0 Å². The average Bonchev–Trinajstić information content (AvgIpc) is 3.76. The Morgan fingerprint density at radius 2 is 0.973 bits per heavy atom. The minimum absolute atomic E-state index is 0.00107. The van der Waals surface area contributed by atoms with Crippen LogP contribution in [0.3, 0.4) is 0 Å². The van der Waals surface area contributed by atoms with E-state index in [-0.39, 0.29) is 24.7 Å². The molecule has 2 unspecified atom stereocenters. The third kappa shape index (κ3) is 5.52. The maximum atomic E-state index is 14.4. The summed E-state index contributed by atoms with van der Waals surface area (Å²) in [5.41, 5.74) is -6.36. The first-order valence-corrected chi connectivity index (χ1v) is 11.7. The van der Waals surface area contributed by atoms with Gasteiger partial charge in [0.15, 0.2) is 0 Å². The molecule has 2 fully saturated rings. The summed E-state index contributed by atoms with van der Waals surface area (Å²) in [4.78, 5) is 0. The number of epoxide rings is 2. The second-order valence-electron chi connectivity index (χ2n) is 8.64. The Kier molecular flexibility index (Phi) is 7.41. The van der Waals surface area contributed by atoms with Crippen molar-refractivity contribution in [3.63, 3.8) is 0 Å². The predicted octanol–water partition coefficient (Wildman–Crippen LogP) is 6.08. The first-order valence-electron chi connectivity index (χ1n) is 11.7. The van der Waals surface area contributed by atoms with Crippen molar-refractivity contribution >= 4 is 0 Å². The van der Waals surface area contributed by atoms with Crippen LogP contribution in [0.4, 0.5) is 26.3 Å². The molecule has 0 amide bonds. The van der Waals surface area contributed by atoms with Crippen LogP contribution in [0.25, 0.3) is 0 Å². The van der Waals surface area contributed by atoms with Gasteiger partial charge < -0.3 is 28.4 Å². The lowest BCUT2D eigenvalue weighted by Crippen LogP contribution is -2.54. The first-order chi connectivity index (χ1) is 17.4. The molecule has 2 aromatic carbocycles. The topological polar surface area (TPSA) is 62.0 Å². The van der Waals surface area contributed by atoms with Crippen molar-refractivity contribution in [1.82, 2.24) is 0 Å². The molecule has 204 valence electrons. The van der Waals surface area contributed by atoms with Crippen LogP contribution < -0.4 is 9.47 Å². The highest BCUT2D eigenvalue weighted by atomic mass is 19.4. The SMILES string of the molecule is CCCOC1(Oc2ccc(C(c3ccc(OC4(OCCC)CO4)cc3)(C(F)(F)F)C(F)(F)F)cc2)CO1. The van der Waals surface area contributed by atoms with Crippen LogP contribution in [-0.2, 0) is 24.4 Å². The molecule has 0 radical (unpaired) electrons. The minimum Gasteiger partial charge on any atom is -0.437 e. The quantitative estimate of drug-likeness (QED) is 0.186. The second kappa shape index (κ2) is 9.97. The standard InChI is InChI=1S/C25H26F6O6/c1-3-13-32-21(15-34-21)36-19-9-5-17(6-10-19)23(24(26,27)28,25(29,30)31)18-7-11-20(12-8-18)37-22(16-35-22)33-14-4-2/h5-12H,3-4,13-16H2,1-2H3. The van der Waals surface area contributed by atoms with Gasteiger partial charge in [-0.25, -0.2) is 0 Å². The van der Waals surface area contributed by atoms with Gasteiger partial charge in [-0.05, 0) is 48.2 Å². The zero-order valence-electron chi connectivity index (χ0n) is 20.1. The van der Waals surface area contributed by atoms with Crippen LogP contribution >= 0.6 is 0 Å². The van der Waals surface area contributed by atoms with Crippen molar-refractivity contribution in [1.29, 1.82) is 0 Å². The number of rotatable bonds is 12. The highest BCUT2D eigenvalue weighted by Gasteiger charge is 2.72. The van der Waals surface area contributed by atoms with E-state index < -0.39 is 40.8 Å². The van der Waals surface area contributed by atoms with Gasteiger partial charge in [-0.2, -0.15) is 26.3 Å². The summed E-state index contributed by atoms with van der Waals surface area (Å²) in [6.45, 7) is 4.51. The highest BCUT2D eigenvalue weighted by Crippen LogP contribution is 2.56. The zero-order chi connectivity index (χ0) is 27.0. The maximum Gasteiger partial charge on any atom is 0.411 e. The molecule has 0 N–H and O–H groups in total. The first kappa shape index (κ1) is 27.5. The fourth-order valence-corrected chi connectivity index (χ4v) is 3.86. The van der Waals surface area contributed by atoms with Gasteiger partial charge in [0.2, 0.25) is 5.41 Å². The molecule has 0 spiro atoms. The third-order valence-electron chi connectivity index (χ3n) is 5.78. The van der Waals surface area contributed by atoms with E-state index >= 15 is 0 Å². The van der Waals surface area contributed by atoms with Gasteiger partial charge in [0.1, 0.15) is 24.7 Å². The molecule has 2 heterocycles. The molecule has 2 aromatic rings. The summed E-state index contributed by atoms with van der Waals surface area (Å²) in [6.07, 6.45) is -10.1. The van der Waals surface area contributed by atoms with Crippen molar-refractivity contribution in [3.8, 4) is 11.5 Å². The van der Waals surface area contributed by atoms with Gasteiger partial charge in [0.05, 0.1) is 13.2 Å². The van der Waals surface area contributed by atoms with Gasteiger partial charge in [-0.3, -0.25) is 0 Å². The van der Waals surface area contributed by atoms with Gasteiger partial charge in [0.25, 0.3) is 0 Å². The van der Waals surface area contributed by atoms with E-state index in [1.165, 1.54) is 0 Å².